The normalized spacial score (nSPS) is 12.9. The predicted octanol–water partition coefficient (Wildman–Crippen LogP) is 1.44. The fourth-order valence-corrected chi connectivity index (χ4v) is 2.24. The fourth-order valence-electron chi connectivity index (χ4n) is 2.24. The lowest BCUT2D eigenvalue weighted by molar-refractivity contribution is -0.151. The van der Waals surface area contributed by atoms with Crippen LogP contribution in [0.15, 0.2) is 24.3 Å². The molecule has 0 aromatic heterocycles. The van der Waals surface area contributed by atoms with Gasteiger partial charge >= 0.3 is 5.97 Å². The second kappa shape index (κ2) is 12.2. The second-order valence-electron chi connectivity index (χ2n) is 5.32. The molecule has 0 fully saturated rings. The zero-order valence-electron chi connectivity index (χ0n) is 15.7. The Morgan fingerprint density at radius 2 is 1.81 bits per heavy atom. The van der Waals surface area contributed by atoms with Gasteiger partial charge in [0.15, 0.2) is 12.8 Å². The molecule has 0 aliphatic heterocycles. The second-order valence-corrected chi connectivity index (χ2v) is 5.32. The Balaban J connectivity index is 2.77. The van der Waals surface area contributed by atoms with Crippen molar-refractivity contribution in [3.8, 4) is 5.75 Å². The maximum absolute atomic E-state index is 12.2. The van der Waals surface area contributed by atoms with E-state index in [1.807, 2.05) is 0 Å². The zero-order chi connectivity index (χ0) is 19.4. The molecule has 1 aromatic rings. The summed E-state index contributed by atoms with van der Waals surface area (Å²) in [6.07, 6.45) is -0.690. The summed E-state index contributed by atoms with van der Waals surface area (Å²) < 4.78 is 26.0. The molecule has 0 spiro atoms. The van der Waals surface area contributed by atoms with Crippen LogP contribution in [0.2, 0.25) is 0 Å². The summed E-state index contributed by atoms with van der Waals surface area (Å²) in [6.45, 7) is 4.29. The molecule has 8 heteroatoms. The van der Waals surface area contributed by atoms with Gasteiger partial charge < -0.3 is 29.0 Å². The molecule has 0 saturated heterocycles. The van der Waals surface area contributed by atoms with Gasteiger partial charge in [-0.05, 0) is 24.6 Å². The van der Waals surface area contributed by atoms with Gasteiger partial charge in [0.25, 0.3) is 0 Å². The van der Waals surface area contributed by atoms with Crippen molar-refractivity contribution in [3.63, 3.8) is 0 Å². The van der Waals surface area contributed by atoms with Crippen LogP contribution < -0.4 is 10.1 Å². The zero-order valence-corrected chi connectivity index (χ0v) is 15.7. The van der Waals surface area contributed by atoms with Crippen molar-refractivity contribution in [2.75, 3.05) is 40.8 Å². The highest BCUT2D eigenvalue weighted by molar-refractivity contribution is 5.84. The molecule has 0 radical (unpaired) electrons. The van der Waals surface area contributed by atoms with Gasteiger partial charge in [0.1, 0.15) is 11.9 Å². The Morgan fingerprint density at radius 1 is 1.12 bits per heavy atom. The van der Waals surface area contributed by atoms with Gasteiger partial charge in [-0.2, -0.15) is 0 Å². The number of ether oxygens (including phenoxy) is 5. The number of esters is 1. The van der Waals surface area contributed by atoms with E-state index in [2.05, 4.69) is 5.32 Å². The van der Waals surface area contributed by atoms with Gasteiger partial charge in [0.2, 0.25) is 5.91 Å². The highest BCUT2D eigenvalue weighted by Gasteiger charge is 2.31. The molecule has 0 aliphatic rings. The molecule has 2 atom stereocenters. The number of hydrogen-bond donors (Lipinski definition) is 1. The van der Waals surface area contributed by atoms with E-state index in [4.69, 9.17) is 23.7 Å². The first-order valence-corrected chi connectivity index (χ1v) is 8.29. The van der Waals surface area contributed by atoms with Crippen LogP contribution in [0.3, 0.4) is 0 Å². The number of methoxy groups -OCH3 is 2. The largest absolute Gasteiger partial charge is 0.468 e. The molecule has 0 heterocycles. The molecule has 0 saturated carbocycles. The van der Waals surface area contributed by atoms with E-state index in [1.165, 1.54) is 14.0 Å². The number of rotatable bonds is 12. The third-order valence-corrected chi connectivity index (χ3v) is 3.41. The Hall–Kier alpha value is -2.16. The van der Waals surface area contributed by atoms with Crippen LogP contribution in [0, 0.1) is 0 Å². The van der Waals surface area contributed by atoms with Gasteiger partial charge in [-0.25, -0.2) is 4.79 Å². The van der Waals surface area contributed by atoms with E-state index >= 15 is 0 Å². The lowest BCUT2D eigenvalue weighted by Crippen LogP contribution is -2.45. The van der Waals surface area contributed by atoms with Crippen LogP contribution in [0.4, 0.5) is 0 Å². The molecule has 0 bridgehead atoms. The van der Waals surface area contributed by atoms with Crippen LogP contribution in [-0.4, -0.2) is 58.8 Å². The van der Waals surface area contributed by atoms with E-state index < -0.39 is 18.1 Å². The molecule has 0 aliphatic carbocycles. The Kier molecular flexibility index (Phi) is 10.3. The number of carbonyl (C=O) groups is 2. The molecule has 0 unspecified atom stereocenters. The molecular weight excluding hydrogens is 342 g/mol. The minimum absolute atomic E-state index is 0.105. The first-order valence-electron chi connectivity index (χ1n) is 8.29. The molecule has 26 heavy (non-hydrogen) atoms. The lowest BCUT2D eigenvalue weighted by atomic mass is 10.0. The van der Waals surface area contributed by atoms with E-state index in [-0.39, 0.29) is 19.3 Å². The van der Waals surface area contributed by atoms with Crippen LogP contribution >= 0.6 is 0 Å². The number of hydrogen-bond acceptors (Lipinski definition) is 7. The first kappa shape index (κ1) is 21.9. The summed E-state index contributed by atoms with van der Waals surface area (Å²) in [5.74, 6) is -0.298. The summed E-state index contributed by atoms with van der Waals surface area (Å²) in [5, 5.41) is 2.58. The van der Waals surface area contributed by atoms with Crippen molar-refractivity contribution in [2.24, 2.45) is 0 Å². The standard InChI is InChI=1S/C18H27NO7/c1-5-25-18(21)16(19-13(2)20)17(23-4)14-6-8-15(9-7-14)26-12-24-11-10-22-3/h6-9,16-17H,5,10-12H2,1-4H3,(H,19,20)/t16-,17-/m1/s1. The van der Waals surface area contributed by atoms with Gasteiger partial charge in [-0.1, -0.05) is 12.1 Å². The van der Waals surface area contributed by atoms with Crippen molar-refractivity contribution < 1.29 is 33.3 Å². The van der Waals surface area contributed by atoms with Crippen LogP contribution in [0.25, 0.3) is 0 Å². The molecule has 146 valence electrons. The van der Waals surface area contributed by atoms with Crippen molar-refractivity contribution >= 4 is 11.9 Å². The highest BCUT2D eigenvalue weighted by Crippen LogP contribution is 2.24. The summed E-state index contributed by atoms with van der Waals surface area (Å²) in [6, 6.07) is 6.04. The van der Waals surface area contributed by atoms with Crippen LogP contribution in [-0.2, 0) is 28.5 Å². The summed E-state index contributed by atoms with van der Waals surface area (Å²) in [4.78, 5) is 23.6. The van der Waals surface area contributed by atoms with Gasteiger partial charge in [0, 0.05) is 21.1 Å². The Labute approximate surface area is 153 Å². The Bertz CT molecular complexity index is 547. The minimum Gasteiger partial charge on any atom is -0.468 e. The molecule has 1 N–H and O–H groups in total. The molecule has 1 rings (SSSR count). The van der Waals surface area contributed by atoms with Crippen molar-refractivity contribution in [1.82, 2.24) is 5.32 Å². The quantitative estimate of drug-likeness (QED) is 0.339. The van der Waals surface area contributed by atoms with Gasteiger partial charge in [0.05, 0.1) is 19.8 Å². The number of nitrogens with one attached hydrogen (secondary N) is 1. The lowest BCUT2D eigenvalue weighted by Gasteiger charge is -2.25. The van der Waals surface area contributed by atoms with E-state index in [0.717, 1.165) is 0 Å². The molecule has 8 nitrogen and oxygen atoms in total. The maximum atomic E-state index is 12.2. The first-order chi connectivity index (χ1) is 12.5. The number of carbonyl (C=O) groups excluding carboxylic acids is 2. The van der Waals surface area contributed by atoms with Gasteiger partial charge in [-0.15, -0.1) is 0 Å². The van der Waals surface area contributed by atoms with E-state index in [9.17, 15) is 9.59 Å². The topological polar surface area (TPSA) is 92.3 Å². The van der Waals surface area contributed by atoms with Crippen LogP contribution in [0.1, 0.15) is 25.5 Å². The van der Waals surface area contributed by atoms with E-state index in [1.54, 1.807) is 38.3 Å². The maximum Gasteiger partial charge on any atom is 0.331 e. The predicted molar refractivity (Wildman–Crippen MR) is 93.8 cm³/mol. The molecular formula is C18H27NO7. The third kappa shape index (κ3) is 7.38. The number of benzene rings is 1. The fraction of sp³-hybridized carbons (Fsp3) is 0.556. The SMILES string of the molecule is CCOC(=O)[C@H](NC(C)=O)[C@H](OC)c1ccc(OCOCCOC)cc1. The number of amides is 1. The van der Waals surface area contributed by atoms with Crippen molar-refractivity contribution in [1.29, 1.82) is 0 Å². The smallest absolute Gasteiger partial charge is 0.331 e. The van der Waals surface area contributed by atoms with E-state index in [0.29, 0.717) is 24.5 Å². The van der Waals surface area contributed by atoms with Crippen molar-refractivity contribution in [2.45, 2.75) is 26.0 Å². The minimum atomic E-state index is -0.943. The summed E-state index contributed by atoms with van der Waals surface area (Å²) in [5.41, 5.74) is 0.701. The van der Waals surface area contributed by atoms with Crippen LogP contribution in [0.5, 0.6) is 5.75 Å². The molecule has 1 aromatic carbocycles. The average molecular weight is 369 g/mol. The summed E-state index contributed by atoms with van der Waals surface area (Å²) >= 11 is 0. The molecule has 1 amide bonds. The average Bonchev–Trinajstić information content (AvgIpc) is 2.62. The monoisotopic (exact) mass is 369 g/mol. The third-order valence-electron chi connectivity index (χ3n) is 3.41. The van der Waals surface area contributed by atoms with Gasteiger partial charge in [-0.3, -0.25) is 4.79 Å². The highest BCUT2D eigenvalue weighted by atomic mass is 16.7. The summed E-state index contributed by atoms with van der Waals surface area (Å²) in [7, 11) is 3.06. The Morgan fingerprint density at radius 3 is 2.35 bits per heavy atom. The van der Waals surface area contributed by atoms with Crippen molar-refractivity contribution in [3.05, 3.63) is 29.8 Å².